The predicted octanol–water partition coefficient (Wildman–Crippen LogP) is 2.66. The Balaban J connectivity index is 2.18. The lowest BCUT2D eigenvalue weighted by atomic mass is 9.58. The lowest BCUT2D eigenvalue weighted by molar-refractivity contribution is -0.134. The van der Waals surface area contributed by atoms with E-state index in [4.69, 9.17) is 10.5 Å². The van der Waals surface area contributed by atoms with E-state index in [9.17, 15) is 13.6 Å². The number of anilines is 1. The lowest BCUT2D eigenvalue weighted by Crippen LogP contribution is -2.64. The molecule has 1 heterocycles. The number of amides is 1. The highest BCUT2D eigenvalue weighted by atomic mass is 19.1. The van der Waals surface area contributed by atoms with Gasteiger partial charge >= 0.3 is 0 Å². The minimum Gasteiger partial charge on any atom is -0.384 e. The summed E-state index contributed by atoms with van der Waals surface area (Å²) in [6.07, 6.45) is 2.30. The Bertz CT molecular complexity index is 568. The van der Waals surface area contributed by atoms with E-state index in [-0.39, 0.29) is 23.4 Å². The van der Waals surface area contributed by atoms with Crippen LogP contribution in [0.3, 0.4) is 0 Å². The molecule has 0 aromatic carbocycles. The molecule has 1 aliphatic carbocycles. The largest absolute Gasteiger partial charge is 0.384 e. The van der Waals surface area contributed by atoms with Gasteiger partial charge in [0.25, 0.3) is 5.91 Å². The van der Waals surface area contributed by atoms with Crippen LogP contribution in [0.25, 0.3) is 0 Å². The van der Waals surface area contributed by atoms with Crippen molar-refractivity contribution in [3.8, 4) is 0 Å². The van der Waals surface area contributed by atoms with Crippen LogP contribution in [-0.4, -0.2) is 29.6 Å². The van der Waals surface area contributed by atoms with Crippen molar-refractivity contribution < 1.29 is 18.3 Å². The van der Waals surface area contributed by atoms with Crippen LogP contribution in [0.2, 0.25) is 0 Å². The number of rotatable bonds is 6. The lowest BCUT2D eigenvalue weighted by Gasteiger charge is -2.55. The molecule has 1 aromatic rings. The van der Waals surface area contributed by atoms with E-state index in [2.05, 4.69) is 10.3 Å². The molecule has 7 heteroatoms. The first-order valence-electron chi connectivity index (χ1n) is 7.93. The van der Waals surface area contributed by atoms with Crippen molar-refractivity contribution >= 4 is 11.7 Å². The van der Waals surface area contributed by atoms with Crippen LogP contribution in [0.5, 0.6) is 0 Å². The predicted molar refractivity (Wildman–Crippen MR) is 82.9 cm³/mol. The molecule has 5 nitrogen and oxygen atoms in total. The van der Waals surface area contributed by atoms with Crippen LogP contribution in [0.4, 0.5) is 14.6 Å². The van der Waals surface area contributed by atoms with Gasteiger partial charge in [0, 0.05) is 24.1 Å². The van der Waals surface area contributed by atoms with E-state index in [1.807, 2.05) is 20.8 Å². The molecule has 0 unspecified atom stereocenters. The molecule has 1 saturated carbocycles. The zero-order valence-electron chi connectivity index (χ0n) is 13.7. The number of nitrogens with two attached hydrogens (primary N) is 1. The smallest absolute Gasteiger partial charge is 0.259 e. The number of hydrogen-bond acceptors (Lipinski definition) is 4. The molecule has 1 amide bonds. The van der Waals surface area contributed by atoms with Crippen LogP contribution in [-0.2, 0) is 4.74 Å². The molecule has 1 fully saturated rings. The van der Waals surface area contributed by atoms with E-state index in [0.717, 1.165) is 18.9 Å². The monoisotopic (exact) mass is 327 g/mol. The Morgan fingerprint density at radius 1 is 1.43 bits per heavy atom. The number of carbonyl (C=O) groups excluding carboxylic acids is 1. The quantitative estimate of drug-likeness (QED) is 0.788. The fraction of sp³-hybridized carbons (Fsp3) is 0.625. The minimum atomic E-state index is -1.20. The maximum atomic E-state index is 13.8. The van der Waals surface area contributed by atoms with E-state index in [1.54, 1.807) is 0 Å². The maximum Gasteiger partial charge on any atom is 0.259 e. The highest BCUT2D eigenvalue weighted by molar-refractivity contribution is 5.95. The van der Waals surface area contributed by atoms with Gasteiger partial charge in [-0.2, -0.15) is 4.39 Å². The second-order valence-electron chi connectivity index (χ2n) is 5.84. The second-order valence-corrected chi connectivity index (χ2v) is 5.84. The normalized spacial score (nSPS) is 22.5. The van der Waals surface area contributed by atoms with Crippen molar-refractivity contribution in [2.24, 2.45) is 5.41 Å². The van der Waals surface area contributed by atoms with Gasteiger partial charge in [-0.05, 0) is 26.2 Å². The molecular weight excluding hydrogens is 304 g/mol. The van der Waals surface area contributed by atoms with Gasteiger partial charge < -0.3 is 15.8 Å². The number of hydrogen-bond donors (Lipinski definition) is 2. The van der Waals surface area contributed by atoms with E-state index >= 15 is 0 Å². The molecule has 1 aliphatic rings. The third-order valence-electron chi connectivity index (χ3n) is 4.95. The third kappa shape index (κ3) is 3.02. The van der Waals surface area contributed by atoms with Gasteiger partial charge in [-0.15, -0.1) is 0 Å². The van der Waals surface area contributed by atoms with E-state index in [1.165, 1.54) is 0 Å². The number of halogens is 2. The van der Waals surface area contributed by atoms with Crippen molar-refractivity contribution in [3.05, 3.63) is 23.4 Å². The molecule has 2 atom stereocenters. The van der Waals surface area contributed by atoms with Crippen molar-refractivity contribution in [1.29, 1.82) is 0 Å². The summed E-state index contributed by atoms with van der Waals surface area (Å²) in [7, 11) is 0. The van der Waals surface area contributed by atoms with Crippen LogP contribution in [0.15, 0.2) is 6.07 Å². The average Bonchev–Trinajstić information content (AvgIpc) is 2.46. The number of ether oxygens (including phenoxy) is 1. The molecule has 1 aromatic heterocycles. The first-order chi connectivity index (χ1) is 10.9. The molecule has 2 rings (SSSR count). The molecule has 3 N–H and O–H groups in total. The summed E-state index contributed by atoms with van der Waals surface area (Å²) < 4.78 is 33.3. The van der Waals surface area contributed by atoms with Crippen LogP contribution in [0, 0.1) is 17.2 Å². The molecule has 0 radical (unpaired) electrons. The van der Waals surface area contributed by atoms with Gasteiger partial charge in [0.15, 0.2) is 0 Å². The molecule has 0 spiro atoms. The van der Waals surface area contributed by atoms with Gasteiger partial charge in [-0.3, -0.25) is 4.79 Å². The van der Waals surface area contributed by atoms with Gasteiger partial charge in [0.2, 0.25) is 5.95 Å². The number of nitrogen functional groups attached to an aromatic ring is 1. The zero-order valence-corrected chi connectivity index (χ0v) is 13.7. The summed E-state index contributed by atoms with van der Waals surface area (Å²) in [6, 6.07) is 0.659. The van der Waals surface area contributed by atoms with Crippen molar-refractivity contribution in [3.63, 3.8) is 0 Å². The minimum absolute atomic E-state index is 0.0482. The standard InChI is InChI=1S/C16H23F2N3O2/c1-4-16(5-2)10(8-11(16)23-6-3)20-15(22)13-9(17)7-12(19)21-14(13)18/h7,10-11H,4-6,8H2,1-3H3,(H2,19,21)(H,20,22)/t10-,11-/m1/s1. The Morgan fingerprint density at radius 2 is 2.09 bits per heavy atom. The second kappa shape index (κ2) is 6.78. The molecule has 0 saturated heterocycles. The first-order valence-corrected chi connectivity index (χ1v) is 7.93. The Kier molecular flexibility index (Phi) is 5.19. The van der Waals surface area contributed by atoms with Crippen molar-refractivity contribution in [1.82, 2.24) is 10.3 Å². The average molecular weight is 327 g/mol. The fourth-order valence-corrected chi connectivity index (χ4v) is 3.52. The van der Waals surface area contributed by atoms with Crippen LogP contribution >= 0.6 is 0 Å². The summed E-state index contributed by atoms with van der Waals surface area (Å²) in [4.78, 5) is 15.6. The number of pyridine rings is 1. The number of aromatic nitrogens is 1. The van der Waals surface area contributed by atoms with Gasteiger partial charge in [-0.1, -0.05) is 13.8 Å². The molecule has 23 heavy (non-hydrogen) atoms. The van der Waals surface area contributed by atoms with Crippen LogP contribution in [0.1, 0.15) is 50.4 Å². The van der Waals surface area contributed by atoms with Gasteiger partial charge in [-0.25, -0.2) is 9.37 Å². The van der Waals surface area contributed by atoms with Crippen LogP contribution < -0.4 is 11.1 Å². The summed E-state index contributed by atoms with van der Waals surface area (Å²) in [5.74, 6) is -3.31. The van der Waals surface area contributed by atoms with Gasteiger partial charge in [0.05, 0.1) is 6.10 Å². The Morgan fingerprint density at radius 3 is 2.61 bits per heavy atom. The van der Waals surface area contributed by atoms with E-state index < -0.39 is 23.2 Å². The van der Waals surface area contributed by atoms with Crippen molar-refractivity contribution in [2.45, 2.75) is 52.2 Å². The van der Waals surface area contributed by atoms with E-state index in [0.29, 0.717) is 13.0 Å². The topological polar surface area (TPSA) is 77.2 Å². The Hall–Kier alpha value is -1.76. The summed E-state index contributed by atoms with van der Waals surface area (Å²) in [6.45, 7) is 6.57. The SMILES string of the molecule is CCO[C@@H]1C[C@@H](NC(=O)c2c(F)cc(N)nc2F)C1(CC)CC. The third-order valence-corrected chi connectivity index (χ3v) is 4.95. The first kappa shape index (κ1) is 17.6. The fourth-order valence-electron chi connectivity index (χ4n) is 3.52. The summed E-state index contributed by atoms with van der Waals surface area (Å²) in [5, 5.41) is 2.74. The Labute approximate surface area is 134 Å². The highest BCUT2D eigenvalue weighted by Gasteiger charge is 2.54. The molecule has 128 valence electrons. The zero-order chi connectivity index (χ0) is 17.2. The van der Waals surface area contributed by atoms with Crippen molar-refractivity contribution in [2.75, 3.05) is 12.3 Å². The molecule has 0 aliphatic heterocycles. The van der Waals surface area contributed by atoms with Gasteiger partial charge in [0.1, 0.15) is 17.2 Å². The summed E-state index contributed by atoms with van der Waals surface area (Å²) >= 11 is 0. The highest BCUT2D eigenvalue weighted by Crippen LogP contribution is 2.49. The number of nitrogens with one attached hydrogen (secondary N) is 1. The summed E-state index contributed by atoms with van der Waals surface area (Å²) in [5.41, 5.74) is 4.36. The molecule has 0 bridgehead atoms. The maximum absolute atomic E-state index is 13.8. The number of carbonyl (C=O) groups is 1. The molecular formula is C16H23F2N3O2. The number of nitrogens with zero attached hydrogens (tertiary/aromatic N) is 1.